The zero-order chi connectivity index (χ0) is 21.3. The van der Waals surface area contributed by atoms with Gasteiger partial charge in [0.15, 0.2) is 0 Å². The van der Waals surface area contributed by atoms with Crippen LogP contribution < -0.4 is 10.6 Å². The van der Waals surface area contributed by atoms with Gasteiger partial charge in [0.2, 0.25) is 5.91 Å². The van der Waals surface area contributed by atoms with Gasteiger partial charge >= 0.3 is 0 Å². The number of halogens is 2. The Morgan fingerprint density at radius 3 is 2.30 bits per heavy atom. The quantitative estimate of drug-likeness (QED) is 0.260. The Kier molecular flexibility index (Phi) is 5.94. The third kappa shape index (κ3) is 4.00. The van der Waals surface area contributed by atoms with Crippen LogP contribution in [0.15, 0.2) is 57.7 Å². The topological polar surface area (TPSA) is 110 Å². The summed E-state index contributed by atoms with van der Waals surface area (Å²) in [7, 11) is 0. The van der Waals surface area contributed by atoms with Crippen molar-refractivity contribution in [1.29, 1.82) is 0 Å². The average molecular weight is 534 g/mol. The van der Waals surface area contributed by atoms with Gasteiger partial charge in [-0.3, -0.25) is 9.59 Å². The predicted molar refractivity (Wildman–Crippen MR) is 122 cm³/mol. The fourth-order valence-corrected chi connectivity index (χ4v) is 4.13. The van der Waals surface area contributed by atoms with Crippen LogP contribution in [0.3, 0.4) is 0 Å². The zero-order valence-electron chi connectivity index (χ0n) is 15.6. The van der Waals surface area contributed by atoms with Crippen molar-refractivity contribution in [2.75, 3.05) is 13.2 Å². The lowest BCUT2D eigenvalue weighted by atomic mass is 10.0. The molecule has 2 heterocycles. The maximum absolute atomic E-state index is 13.1. The second kappa shape index (κ2) is 8.63. The molecular weight excluding hydrogens is 516 g/mol. The molecule has 0 saturated heterocycles. The minimum atomic E-state index is -0.941. The Labute approximate surface area is 188 Å². The molecule has 2 amide bonds. The molecule has 4 aromatic rings. The molecule has 2 aromatic heterocycles. The fourth-order valence-electron chi connectivity index (χ4n) is 3.41. The highest BCUT2D eigenvalue weighted by atomic mass is 79.9. The number of aliphatic hydroxyl groups excluding tert-OH is 1. The van der Waals surface area contributed by atoms with Crippen LogP contribution in [0, 0.1) is 0 Å². The normalized spacial score (nSPS) is 12.2. The highest BCUT2D eigenvalue weighted by molar-refractivity contribution is 9.10. The first-order valence-electron chi connectivity index (χ1n) is 9.20. The van der Waals surface area contributed by atoms with E-state index in [0.717, 1.165) is 30.8 Å². The molecule has 0 fully saturated rings. The van der Waals surface area contributed by atoms with E-state index < -0.39 is 11.9 Å². The van der Waals surface area contributed by atoms with Crippen molar-refractivity contribution in [2.24, 2.45) is 0 Å². The van der Waals surface area contributed by atoms with E-state index >= 15 is 0 Å². The molecule has 0 aliphatic heterocycles. The van der Waals surface area contributed by atoms with Crippen LogP contribution in [0.25, 0.3) is 21.8 Å². The van der Waals surface area contributed by atoms with E-state index in [1.807, 2.05) is 36.4 Å². The molecule has 1 unspecified atom stereocenters. The zero-order valence-corrected chi connectivity index (χ0v) is 18.8. The SMILES string of the molecule is O=C(NC(C(=O)NCCO)c1c[nH]c2ccc(Br)cc12)c1c[nH]c2ccc(Br)cc12. The number of aromatic nitrogens is 2. The van der Waals surface area contributed by atoms with E-state index in [1.54, 1.807) is 12.4 Å². The molecule has 0 spiro atoms. The van der Waals surface area contributed by atoms with Crippen LogP contribution in [0.2, 0.25) is 0 Å². The molecule has 1 atom stereocenters. The number of aliphatic hydroxyl groups is 1. The van der Waals surface area contributed by atoms with E-state index in [4.69, 9.17) is 5.11 Å². The lowest BCUT2D eigenvalue weighted by molar-refractivity contribution is -0.123. The highest BCUT2D eigenvalue weighted by Crippen LogP contribution is 2.28. The van der Waals surface area contributed by atoms with Crippen molar-refractivity contribution in [1.82, 2.24) is 20.6 Å². The van der Waals surface area contributed by atoms with Crippen molar-refractivity contribution in [3.63, 3.8) is 0 Å². The van der Waals surface area contributed by atoms with Crippen molar-refractivity contribution < 1.29 is 14.7 Å². The van der Waals surface area contributed by atoms with Crippen molar-refractivity contribution in [3.8, 4) is 0 Å². The van der Waals surface area contributed by atoms with E-state index in [-0.39, 0.29) is 19.1 Å². The van der Waals surface area contributed by atoms with Gasteiger partial charge in [0.25, 0.3) is 5.91 Å². The lowest BCUT2D eigenvalue weighted by Gasteiger charge is -2.18. The molecule has 0 bridgehead atoms. The molecule has 154 valence electrons. The first kappa shape index (κ1) is 20.6. The number of amides is 2. The summed E-state index contributed by atoms with van der Waals surface area (Å²) in [5.41, 5.74) is 2.74. The van der Waals surface area contributed by atoms with Gasteiger partial charge < -0.3 is 25.7 Å². The number of aromatic amines is 2. The minimum absolute atomic E-state index is 0.0945. The van der Waals surface area contributed by atoms with Crippen LogP contribution >= 0.6 is 31.9 Å². The monoisotopic (exact) mass is 532 g/mol. The second-order valence-corrected chi connectivity index (χ2v) is 8.58. The third-order valence-electron chi connectivity index (χ3n) is 4.82. The van der Waals surface area contributed by atoms with Crippen LogP contribution in [0.1, 0.15) is 22.0 Å². The van der Waals surface area contributed by atoms with E-state index in [9.17, 15) is 9.59 Å². The fraction of sp³-hybridized carbons (Fsp3) is 0.143. The number of carbonyl (C=O) groups is 2. The molecule has 7 nitrogen and oxygen atoms in total. The van der Waals surface area contributed by atoms with Crippen LogP contribution in [-0.4, -0.2) is 40.0 Å². The molecule has 0 aliphatic carbocycles. The number of hydrogen-bond donors (Lipinski definition) is 5. The van der Waals surface area contributed by atoms with Gasteiger partial charge in [-0.05, 0) is 36.4 Å². The second-order valence-electron chi connectivity index (χ2n) is 6.75. The molecule has 0 radical (unpaired) electrons. The largest absolute Gasteiger partial charge is 0.395 e. The molecule has 5 N–H and O–H groups in total. The number of nitrogens with one attached hydrogen (secondary N) is 4. The molecule has 9 heteroatoms. The predicted octanol–water partition coefficient (Wildman–Crippen LogP) is 3.75. The highest BCUT2D eigenvalue weighted by Gasteiger charge is 2.27. The summed E-state index contributed by atoms with van der Waals surface area (Å²) in [6, 6.07) is 10.3. The minimum Gasteiger partial charge on any atom is -0.395 e. The van der Waals surface area contributed by atoms with Crippen LogP contribution in [-0.2, 0) is 4.79 Å². The van der Waals surface area contributed by atoms with Gasteiger partial charge in [0.1, 0.15) is 6.04 Å². The molecule has 2 aromatic carbocycles. The number of carbonyl (C=O) groups excluding carboxylic acids is 2. The first-order valence-corrected chi connectivity index (χ1v) is 10.8. The summed E-state index contributed by atoms with van der Waals surface area (Å²) in [5.74, 6) is -0.785. The number of H-pyrrole nitrogens is 2. The van der Waals surface area contributed by atoms with Gasteiger partial charge in [-0.25, -0.2) is 0 Å². The van der Waals surface area contributed by atoms with Gasteiger partial charge in [-0.15, -0.1) is 0 Å². The van der Waals surface area contributed by atoms with E-state index in [0.29, 0.717) is 11.1 Å². The summed E-state index contributed by atoms with van der Waals surface area (Å²) in [6.07, 6.45) is 3.34. The number of benzene rings is 2. The standard InChI is InChI=1S/C21H18Br2N4O3/c22-11-1-3-17-13(7-11)15(9-25-17)19(21(30)24-5-6-28)27-20(29)16-10-26-18-4-2-12(23)8-14(16)18/h1-4,7-10,19,25-26,28H,5-6H2,(H,24,30)(H,27,29). The van der Waals surface area contributed by atoms with Gasteiger partial charge in [0, 0.05) is 55.3 Å². The maximum atomic E-state index is 13.1. The van der Waals surface area contributed by atoms with Crippen molar-refractivity contribution in [2.45, 2.75) is 6.04 Å². The summed E-state index contributed by atoms with van der Waals surface area (Å²) in [5, 5.41) is 16.2. The van der Waals surface area contributed by atoms with Gasteiger partial charge in [-0.1, -0.05) is 31.9 Å². The maximum Gasteiger partial charge on any atom is 0.254 e. The Morgan fingerprint density at radius 2 is 1.60 bits per heavy atom. The number of rotatable bonds is 6. The van der Waals surface area contributed by atoms with Crippen LogP contribution in [0.5, 0.6) is 0 Å². The van der Waals surface area contributed by atoms with Crippen LogP contribution in [0.4, 0.5) is 0 Å². The summed E-state index contributed by atoms with van der Waals surface area (Å²) in [4.78, 5) is 32.2. The number of fused-ring (bicyclic) bond motifs is 2. The molecule has 30 heavy (non-hydrogen) atoms. The summed E-state index contributed by atoms with van der Waals surface area (Å²) >= 11 is 6.88. The number of hydrogen-bond acceptors (Lipinski definition) is 3. The molecule has 0 aliphatic rings. The third-order valence-corrected chi connectivity index (χ3v) is 5.81. The Morgan fingerprint density at radius 1 is 0.967 bits per heavy atom. The molecule has 4 rings (SSSR count). The lowest BCUT2D eigenvalue weighted by Crippen LogP contribution is -2.41. The molecular formula is C21H18Br2N4O3. The smallest absolute Gasteiger partial charge is 0.254 e. The van der Waals surface area contributed by atoms with Gasteiger partial charge in [0.05, 0.1) is 12.2 Å². The molecule has 0 saturated carbocycles. The Bertz CT molecular complexity index is 1250. The average Bonchev–Trinajstić information content (AvgIpc) is 3.33. The van der Waals surface area contributed by atoms with Gasteiger partial charge in [-0.2, -0.15) is 0 Å². The Balaban J connectivity index is 1.72. The van der Waals surface area contributed by atoms with Crippen molar-refractivity contribution >= 4 is 65.5 Å². The summed E-state index contributed by atoms with van der Waals surface area (Å²) < 4.78 is 1.71. The summed E-state index contributed by atoms with van der Waals surface area (Å²) in [6.45, 7) is -0.0976. The van der Waals surface area contributed by atoms with E-state index in [2.05, 4.69) is 52.5 Å². The van der Waals surface area contributed by atoms with Crippen molar-refractivity contribution in [3.05, 3.63) is 68.9 Å². The Hall–Kier alpha value is -2.62. The first-order chi connectivity index (χ1) is 14.5. The van der Waals surface area contributed by atoms with E-state index in [1.165, 1.54) is 0 Å².